The Morgan fingerprint density at radius 3 is 2.80 bits per heavy atom. The molecule has 2 aromatic heterocycles. The number of hydrogen-bond donors (Lipinski definition) is 0. The molecule has 0 unspecified atom stereocenters. The van der Waals surface area contributed by atoms with Crippen LogP contribution in [0.4, 0.5) is 0 Å². The first kappa shape index (κ1) is 12.8. The molecule has 6 heteroatoms. The molecule has 0 atom stereocenters. The molecule has 0 bridgehead atoms. The summed E-state index contributed by atoms with van der Waals surface area (Å²) in [5.74, 6) is 0.537. The van der Waals surface area contributed by atoms with Crippen molar-refractivity contribution in [3.8, 4) is 0 Å². The van der Waals surface area contributed by atoms with E-state index in [4.69, 9.17) is 4.52 Å². The molecular formula is C14H16N4O2. The van der Waals surface area contributed by atoms with Crippen LogP contribution in [-0.4, -0.2) is 39.0 Å². The summed E-state index contributed by atoms with van der Waals surface area (Å²) in [7, 11) is 0. The molecule has 1 aliphatic rings. The molecule has 0 aliphatic carbocycles. The zero-order valence-corrected chi connectivity index (χ0v) is 11.6. The first-order chi connectivity index (χ1) is 9.66. The largest absolute Gasteiger partial charge is 0.361 e. The topological polar surface area (TPSA) is 72.1 Å². The zero-order chi connectivity index (χ0) is 14.1. The highest BCUT2D eigenvalue weighted by molar-refractivity contribution is 5.94. The minimum Gasteiger partial charge on any atom is -0.361 e. The molecule has 2 aromatic rings. The SMILES string of the molecule is Cc1ncnc2c1CCN(C(=O)c1cnoc1C)CC2. The number of carbonyl (C=O) groups is 1. The van der Waals surface area contributed by atoms with Gasteiger partial charge in [-0.3, -0.25) is 4.79 Å². The van der Waals surface area contributed by atoms with E-state index in [1.54, 1.807) is 13.3 Å². The molecule has 0 spiro atoms. The van der Waals surface area contributed by atoms with Gasteiger partial charge in [0.2, 0.25) is 0 Å². The Morgan fingerprint density at radius 2 is 2.05 bits per heavy atom. The van der Waals surface area contributed by atoms with E-state index in [1.165, 1.54) is 11.8 Å². The van der Waals surface area contributed by atoms with Gasteiger partial charge in [-0.2, -0.15) is 0 Å². The molecule has 3 rings (SSSR count). The fraction of sp³-hybridized carbons (Fsp3) is 0.429. The summed E-state index contributed by atoms with van der Waals surface area (Å²) >= 11 is 0. The van der Waals surface area contributed by atoms with E-state index >= 15 is 0 Å². The minimum absolute atomic E-state index is 0.0258. The maximum atomic E-state index is 12.5. The van der Waals surface area contributed by atoms with Crippen molar-refractivity contribution < 1.29 is 9.32 Å². The van der Waals surface area contributed by atoms with Crippen LogP contribution >= 0.6 is 0 Å². The quantitative estimate of drug-likeness (QED) is 0.783. The fourth-order valence-corrected chi connectivity index (χ4v) is 2.57. The number of carbonyl (C=O) groups excluding carboxylic acids is 1. The van der Waals surface area contributed by atoms with E-state index in [1.807, 2.05) is 11.8 Å². The van der Waals surface area contributed by atoms with Crippen molar-refractivity contribution in [2.24, 2.45) is 0 Å². The van der Waals surface area contributed by atoms with Crippen LogP contribution in [0.15, 0.2) is 17.0 Å². The highest BCUT2D eigenvalue weighted by atomic mass is 16.5. The molecule has 0 radical (unpaired) electrons. The van der Waals surface area contributed by atoms with E-state index < -0.39 is 0 Å². The summed E-state index contributed by atoms with van der Waals surface area (Å²) in [5.41, 5.74) is 3.77. The highest BCUT2D eigenvalue weighted by Crippen LogP contribution is 2.18. The summed E-state index contributed by atoms with van der Waals surface area (Å²) in [4.78, 5) is 22.9. The molecule has 1 amide bonds. The smallest absolute Gasteiger partial charge is 0.259 e. The third kappa shape index (κ3) is 2.17. The Hall–Kier alpha value is -2.24. The lowest BCUT2D eigenvalue weighted by Gasteiger charge is -2.19. The van der Waals surface area contributed by atoms with Crippen molar-refractivity contribution in [2.45, 2.75) is 26.7 Å². The maximum Gasteiger partial charge on any atom is 0.259 e. The van der Waals surface area contributed by atoms with E-state index in [2.05, 4.69) is 15.1 Å². The van der Waals surface area contributed by atoms with Crippen LogP contribution in [0.2, 0.25) is 0 Å². The van der Waals surface area contributed by atoms with Crippen molar-refractivity contribution in [1.29, 1.82) is 0 Å². The third-order valence-electron chi connectivity index (χ3n) is 3.77. The number of aryl methyl sites for hydroxylation is 2. The summed E-state index contributed by atoms with van der Waals surface area (Å²) < 4.78 is 4.97. The van der Waals surface area contributed by atoms with Gasteiger partial charge >= 0.3 is 0 Å². The van der Waals surface area contributed by atoms with Gasteiger partial charge in [0.25, 0.3) is 5.91 Å². The highest BCUT2D eigenvalue weighted by Gasteiger charge is 2.24. The van der Waals surface area contributed by atoms with E-state index in [0.717, 1.165) is 24.2 Å². The van der Waals surface area contributed by atoms with E-state index in [9.17, 15) is 4.79 Å². The molecule has 0 N–H and O–H groups in total. The van der Waals surface area contributed by atoms with E-state index in [0.29, 0.717) is 24.4 Å². The van der Waals surface area contributed by atoms with Crippen LogP contribution < -0.4 is 0 Å². The van der Waals surface area contributed by atoms with Gasteiger partial charge in [0.05, 0.1) is 6.20 Å². The lowest BCUT2D eigenvalue weighted by molar-refractivity contribution is 0.0761. The average Bonchev–Trinajstić information content (AvgIpc) is 2.73. The maximum absolute atomic E-state index is 12.5. The van der Waals surface area contributed by atoms with Crippen molar-refractivity contribution in [1.82, 2.24) is 20.0 Å². The Morgan fingerprint density at radius 1 is 1.25 bits per heavy atom. The molecule has 0 aromatic carbocycles. The van der Waals surface area contributed by atoms with Crippen LogP contribution in [0.25, 0.3) is 0 Å². The molecule has 3 heterocycles. The normalized spacial score (nSPS) is 14.8. The Kier molecular flexibility index (Phi) is 3.22. The fourth-order valence-electron chi connectivity index (χ4n) is 2.57. The number of rotatable bonds is 1. The molecule has 0 saturated heterocycles. The second-order valence-electron chi connectivity index (χ2n) is 4.97. The van der Waals surface area contributed by atoms with Gasteiger partial charge in [0.1, 0.15) is 17.7 Å². The van der Waals surface area contributed by atoms with Gasteiger partial charge in [0, 0.05) is 30.9 Å². The molecule has 20 heavy (non-hydrogen) atoms. The number of amides is 1. The standard InChI is InChI=1S/C14H16N4O2/c1-9-11-3-5-18(6-4-13(11)16-8-15-9)14(19)12-7-17-20-10(12)2/h7-8H,3-6H2,1-2H3. The molecule has 6 nitrogen and oxygen atoms in total. The van der Waals surface area contributed by atoms with Crippen LogP contribution in [0.1, 0.15) is 33.1 Å². The first-order valence-electron chi connectivity index (χ1n) is 6.66. The Labute approximate surface area is 116 Å². The van der Waals surface area contributed by atoms with Gasteiger partial charge in [-0.25, -0.2) is 9.97 Å². The molecule has 1 aliphatic heterocycles. The van der Waals surface area contributed by atoms with E-state index in [-0.39, 0.29) is 5.91 Å². The Bertz CT molecular complexity index is 650. The van der Waals surface area contributed by atoms with Gasteiger partial charge in [0.15, 0.2) is 0 Å². The van der Waals surface area contributed by atoms with Crippen LogP contribution in [0.5, 0.6) is 0 Å². The van der Waals surface area contributed by atoms with Crippen LogP contribution in [0, 0.1) is 13.8 Å². The minimum atomic E-state index is -0.0258. The van der Waals surface area contributed by atoms with Crippen LogP contribution in [0.3, 0.4) is 0 Å². The molecule has 0 fully saturated rings. The number of hydrogen-bond acceptors (Lipinski definition) is 5. The zero-order valence-electron chi connectivity index (χ0n) is 11.6. The monoisotopic (exact) mass is 272 g/mol. The van der Waals surface area contributed by atoms with Crippen molar-refractivity contribution >= 4 is 5.91 Å². The van der Waals surface area contributed by atoms with Crippen molar-refractivity contribution in [2.75, 3.05) is 13.1 Å². The third-order valence-corrected chi connectivity index (χ3v) is 3.77. The molecule has 104 valence electrons. The lowest BCUT2D eigenvalue weighted by atomic mass is 10.1. The molecular weight excluding hydrogens is 256 g/mol. The number of nitrogens with zero attached hydrogens (tertiary/aromatic N) is 4. The lowest BCUT2D eigenvalue weighted by Crippen LogP contribution is -2.33. The van der Waals surface area contributed by atoms with Gasteiger partial charge in [-0.1, -0.05) is 5.16 Å². The summed E-state index contributed by atoms with van der Waals surface area (Å²) in [6.07, 6.45) is 4.63. The second-order valence-corrected chi connectivity index (χ2v) is 4.97. The van der Waals surface area contributed by atoms with Gasteiger partial charge < -0.3 is 9.42 Å². The average molecular weight is 272 g/mol. The summed E-state index contributed by atoms with van der Waals surface area (Å²) in [6, 6.07) is 0. The van der Waals surface area contributed by atoms with Crippen molar-refractivity contribution in [3.05, 3.63) is 40.8 Å². The predicted octanol–water partition coefficient (Wildman–Crippen LogP) is 1.32. The summed E-state index contributed by atoms with van der Waals surface area (Å²) in [6.45, 7) is 5.07. The van der Waals surface area contributed by atoms with Gasteiger partial charge in [-0.15, -0.1) is 0 Å². The predicted molar refractivity (Wildman–Crippen MR) is 71.3 cm³/mol. The van der Waals surface area contributed by atoms with Gasteiger partial charge in [-0.05, 0) is 25.8 Å². The Balaban J connectivity index is 1.82. The molecule has 0 saturated carbocycles. The van der Waals surface area contributed by atoms with Crippen molar-refractivity contribution in [3.63, 3.8) is 0 Å². The first-order valence-corrected chi connectivity index (χ1v) is 6.66. The van der Waals surface area contributed by atoms with Crippen LogP contribution in [-0.2, 0) is 12.8 Å². The summed E-state index contributed by atoms with van der Waals surface area (Å²) in [5, 5.41) is 3.67. The second kappa shape index (κ2) is 5.03. The number of fused-ring (bicyclic) bond motifs is 1. The number of aromatic nitrogens is 3.